The zero-order valence-electron chi connectivity index (χ0n) is 18.5. The van der Waals surface area contributed by atoms with E-state index in [2.05, 4.69) is 5.32 Å². The number of amides is 3. The van der Waals surface area contributed by atoms with Gasteiger partial charge in [-0.05, 0) is 43.2 Å². The monoisotopic (exact) mass is 439 g/mol. The number of aryl methyl sites for hydroxylation is 1. The van der Waals surface area contributed by atoms with Gasteiger partial charge >= 0.3 is 6.09 Å². The number of carbonyl (C=O) groups is 3. The molecule has 1 N–H and O–H groups in total. The molecule has 0 unspecified atom stereocenters. The molecule has 3 amide bonds. The number of ether oxygens (including phenoxy) is 2. The van der Waals surface area contributed by atoms with E-state index >= 15 is 0 Å². The number of rotatable bonds is 7. The van der Waals surface area contributed by atoms with Gasteiger partial charge in [-0.15, -0.1) is 0 Å². The maximum atomic E-state index is 13.1. The third kappa shape index (κ3) is 6.00. The number of hydrogen-bond acceptors (Lipinski definition) is 5. The van der Waals surface area contributed by atoms with Gasteiger partial charge in [0.1, 0.15) is 5.75 Å². The normalized spacial score (nSPS) is 13.4. The zero-order chi connectivity index (χ0) is 22.9. The number of methoxy groups -OCH3 is 1. The Morgan fingerprint density at radius 2 is 1.59 bits per heavy atom. The van der Waals surface area contributed by atoms with Gasteiger partial charge < -0.3 is 24.6 Å². The smallest absolute Gasteiger partial charge is 0.409 e. The van der Waals surface area contributed by atoms with E-state index < -0.39 is 0 Å². The Balaban J connectivity index is 1.57. The second kappa shape index (κ2) is 11.2. The van der Waals surface area contributed by atoms with Crippen LogP contribution in [0, 0.1) is 0 Å². The summed E-state index contributed by atoms with van der Waals surface area (Å²) in [4.78, 5) is 40.7. The standard InChI is InChI=1S/C24H29N3O5/c1-3-32-24(30)27-16-14-26(15-17-27)23(29)20-6-4-5-7-21(20)25-22(28)13-10-18-8-11-19(31-2)12-9-18/h4-9,11-12H,3,10,13-17H2,1-2H3,(H,25,28). The molecule has 8 heteroatoms. The van der Waals surface area contributed by atoms with E-state index in [1.54, 1.807) is 48.1 Å². The van der Waals surface area contributed by atoms with Gasteiger partial charge in [-0.2, -0.15) is 0 Å². The number of piperazine rings is 1. The van der Waals surface area contributed by atoms with Crippen molar-refractivity contribution in [2.75, 3.05) is 45.2 Å². The molecule has 32 heavy (non-hydrogen) atoms. The second-order valence-electron chi connectivity index (χ2n) is 7.42. The molecule has 0 radical (unpaired) electrons. The lowest BCUT2D eigenvalue weighted by molar-refractivity contribution is -0.116. The summed E-state index contributed by atoms with van der Waals surface area (Å²) < 4.78 is 10.2. The van der Waals surface area contributed by atoms with Crippen LogP contribution in [-0.2, 0) is 16.0 Å². The number of anilines is 1. The van der Waals surface area contributed by atoms with Crippen molar-refractivity contribution in [1.29, 1.82) is 0 Å². The zero-order valence-corrected chi connectivity index (χ0v) is 18.5. The number of para-hydroxylation sites is 1. The van der Waals surface area contributed by atoms with Gasteiger partial charge in [0.2, 0.25) is 5.91 Å². The molecule has 1 fully saturated rings. The summed E-state index contributed by atoms with van der Waals surface area (Å²) in [6.07, 6.45) is 0.526. The van der Waals surface area contributed by atoms with E-state index in [1.165, 1.54) is 0 Å². The molecule has 2 aromatic carbocycles. The maximum Gasteiger partial charge on any atom is 0.409 e. The van der Waals surface area contributed by atoms with Crippen LogP contribution in [0.25, 0.3) is 0 Å². The summed E-state index contributed by atoms with van der Waals surface area (Å²) in [5.41, 5.74) is 1.96. The minimum atomic E-state index is -0.357. The van der Waals surface area contributed by atoms with Gasteiger partial charge in [0.25, 0.3) is 5.91 Å². The van der Waals surface area contributed by atoms with Crippen LogP contribution < -0.4 is 10.1 Å². The molecule has 0 spiro atoms. The first-order chi connectivity index (χ1) is 15.5. The average Bonchev–Trinajstić information content (AvgIpc) is 2.83. The first-order valence-corrected chi connectivity index (χ1v) is 10.7. The summed E-state index contributed by atoms with van der Waals surface area (Å²) in [5, 5.41) is 2.87. The molecular weight excluding hydrogens is 410 g/mol. The molecule has 3 rings (SSSR count). The Morgan fingerprint density at radius 1 is 0.938 bits per heavy atom. The minimum absolute atomic E-state index is 0.159. The van der Waals surface area contributed by atoms with Crippen LogP contribution in [0.4, 0.5) is 10.5 Å². The molecule has 0 aliphatic carbocycles. The van der Waals surface area contributed by atoms with Crippen molar-refractivity contribution in [3.05, 3.63) is 59.7 Å². The molecule has 1 aliphatic rings. The molecule has 8 nitrogen and oxygen atoms in total. The maximum absolute atomic E-state index is 13.1. The molecule has 2 aromatic rings. The number of nitrogens with one attached hydrogen (secondary N) is 1. The fourth-order valence-electron chi connectivity index (χ4n) is 3.52. The van der Waals surface area contributed by atoms with Crippen molar-refractivity contribution in [3.8, 4) is 5.75 Å². The van der Waals surface area contributed by atoms with E-state index in [4.69, 9.17) is 9.47 Å². The number of benzene rings is 2. The van der Waals surface area contributed by atoms with Gasteiger partial charge in [0.15, 0.2) is 0 Å². The van der Waals surface area contributed by atoms with Crippen molar-refractivity contribution < 1.29 is 23.9 Å². The van der Waals surface area contributed by atoms with Gasteiger partial charge in [0.05, 0.1) is 25.0 Å². The second-order valence-corrected chi connectivity index (χ2v) is 7.42. The molecular formula is C24H29N3O5. The first-order valence-electron chi connectivity index (χ1n) is 10.7. The lowest BCUT2D eigenvalue weighted by Gasteiger charge is -2.34. The van der Waals surface area contributed by atoms with Crippen molar-refractivity contribution in [3.63, 3.8) is 0 Å². The number of hydrogen-bond donors (Lipinski definition) is 1. The van der Waals surface area contributed by atoms with Crippen molar-refractivity contribution in [1.82, 2.24) is 9.80 Å². The van der Waals surface area contributed by atoms with Crippen LogP contribution in [0.15, 0.2) is 48.5 Å². The summed E-state index contributed by atoms with van der Waals surface area (Å²) in [6, 6.07) is 14.6. The van der Waals surface area contributed by atoms with E-state index in [0.717, 1.165) is 11.3 Å². The minimum Gasteiger partial charge on any atom is -0.497 e. The molecule has 1 aliphatic heterocycles. The highest BCUT2D eigenvalue weighted by Crippen LogP contribution is 2.19. The highest BCUT2D eigenvalue weighted by molar-refractivity contribution is 6.03. The van der Waals surface area contributed by atoms with Gasteiger partial charge in [0, 0.05) is 32.6 Å². The topological polar surface area (TPSA) is 88.2 Å². The van der Waals surface area contributed by atoms with E-state index in [-0.39, 0.29) is 17.9 Å². The van der Waals surface area contributed by atoms with Crippen LogP contribution >= 0.6 is 0 Å². The first kappa shape index (κ1) is 23.1. The highest BCUT2D eigenvalue weighted by Gasteiger charge is 2.26. The summed E-state index contributed by atoms with van der Waals surface area (Å²) in [7, 11) is 1.61. The van der Waals surface area contributed by atoms with Crippen LogP contribution in [0.3, 0.4) is 0 Å². The lowest BCUT2D eigenvalue weighted by Crippen LogP contribution is -2.50. The Kier molecular flexibility index (Phi) is 8.08. The van der Waals surface area contributed by atoms with Gasteiger partial charge in [-0.25, -0.2) is 4.79 Å². The Hall–Kier alpha value is -3.55. The fraction of sp³-hybridized carbons (Fsp3) is 0.375. The van der Waals surface area contributed by atoms with Crippen LogP contribution in [-0.4, -0.2) is 67.6 Å². The predicted octanol–water partition coefficient (Wildman–Crippen LogP) is 3.18. The third-order valence-electron chi connectivity index (χ3n) is 5.32. The van der Waals surface area contributed by atoms with Gasteiger partial charge in [-0.3, -0.25) is 9.59 Å². The van der Waals surface area contributed by atoms with Crippen molar-refractivity contribution in [2.24, 2.45) is 0 Å². The quantitative estimate of drug-likeness (QED) is 0.716. The van der Waals surface area contributed by atoms with E-state index in [9.17, 15) is 14.4 Å². The third-order valence-corrected chi connectivity index (χ3v) is 5.32. The molecule has 0 aromatic heterocycles. The summed E-state index contributed by atoms with van der Waals surface area (Å²) in [5.74, 6) is 0.446. The fourth-order valence-corrected chi connectivity index (χ4v) is 3.52. The predicted molar refractivity (Wildman–Crippen MR) is 121 cm³/mol. The van der Waals surface area contributed by atoms with E-state index in [0.29, 0.717) is 56.9 Å². The Bertz CT molecular complexity index is 937. The molecule has 0 saturated carbocycles. The average molecular weight is 440 g/mol. The Morgan fingerprint density at radius 3 is 2.25 bits per heavy atom. The largest absolute Gasteiger partial charge is 0.497 e. The Labute approximate surface area is 188 Å². The van der Waals surface area contributed by atoms with Crippen LogP contribution in [0.1, 0.15) is 29.3 Å². The van der Waals surface area contributed by atoms with Crippen molar-refractivity contribution >= 4 is 23.6 Å². The lowest BCUT2D eigenvalue weighted by atomic mass is 10.1. The summed E-state index contributed by atoms with van der Waals surface area (Å²) in [6.45, 7) is 3.75. The molecule has 1 heterocycles. The number of nitrogens with zero attached hydrogens (tertiary/aromatic N) is 2. The molecule has 0 atom stereocenters. The van der Waals surface area contributed by atoms with Crippen LogP contribution in [0.5, 0.6) is 5.75 Å². The molecule has 0 bridgehead atoms. The van der Waals surface area contributed by atoms with E-state index in [1.807, 2.05) is 24.3 Å². The SMILES string of the molecule is CCOC(=O)N1CCN(C(=O)c2ccccc2NC(=O)CCc2ccc(OC)cc2)CC1. The molecule has 1 saturated heterocycles. The molecule has 170 valence electrons. The number of carbonyl (C=O) groups excluding carboxylic acids is 3. The van der Waals surface area contributed by atoms with Crippen LogP contribution in [0.2, 0.25) is 0 Å². The highest BCUT2D eigenvalue weighted by atomic mass is 16.6. The summed E-state index contributed by atoms with van der Waals surface area (Å²) >= 11 is 0. The van der Waals surface area contributed by atoms with Crippen molar-refractivity contribution in [2.45, 2.75) is 19.8 Å². The van der Waals surface area contributed by atoms with Gasteiger partial charge in [-0.1, -0.05) is 24.3 Å².